The molecule has 0 bridgehead atoms. The maximum atomic E-state index is 12.3. The van der Waals surface area contributed by atoms with E-state index in [0.717, 1.165) is 6.42 Å². The minimum Gasteiger partial charge on any atom is -0.326 e. The van der Waals surface area contributed by atoms with Gasteiger partial charge in [0.1, 0.15) is 0 Å². The molecule has 9 heteroatoms. The Balaban J connectivity index is 1.97. The molecule has 1 fully saturated rings. The Bertz CT molecular complexity index is 815. The number of sulfone groups is 1. The Morgan fingerprint density at radius 1 is 1.24 bits per heavy atom. The molecule has 1 aliphatic heterocycles. The third-order valence-electron chi connectivity index (χ3n) is 3.95. The van der Waals surface area contributed by atoms with Gasteiger partial charge in [0.2, 0.25) is 15.9 Å². The van der Waals surface area contributed by atoms with Gasteiger partial charge >= 0.3 is 0 Å². The first-order valence-corrected chi connectivity index (χ1v) is 11.5. The van der Waals surface area contributed by atoms with E-state index < -0.39 is 25.9 Å². The summed E-state index contributed by atoms with van der Waals surface area (Å²) in [5.74, 6) is 0.153. The molecule has 0 saturated carbocycles. The van der Waals surface area contributed by atoms with E-state index >= 15 is 0 Å². The van der Waals surface area contributed by atoms with E-state index in [-0.39, 0.29) is 28.7 Å². The van der Waals surface area contributed by atoms with E-state index in [0.29, 0.717) is 18.0 Å². The molecule has 1 atom stereocenters. The Morgan fingerprint density at radius 3 is 2.40 bits per heavy atom. The summed E-state index contributed by atoms with van der Waals surface area (Å²) < 4.78 is 49.9. The van der Waals surface area contributed by atoms with Crippen LogP contribution in [0.1, 0.15) is 33.1 Å². The lowest BCUT2D eigenvalue weighted by Crippen LogP contribution is -2.35. The number of sulfonamides is 1. The Morgan fingerprint density at radius 2 is 1.88 bits per heavy atom. The van der Waals surface area contributed by atoms with E-state index in [1.165, 1.54) is 24.3 Å². The van der Waals surface area contributed by atoms with Crippen LogP contribution in [0.5, 0.6) is 0 Å². The van der Waals surface area contributed by atoms with Crippen LogP contribution in [0.15, 0.2) is 29.2 Å². The number of rotatable bonds is 7. The van der Waals surface area contributed by atoms with Crippen molar-refractivity contribution in [2.24, 2.45) is 5.92 Å². The Hall–Kier alpha value is -1.45. The summed E-state index contributed by atoms with van der Waals surface area (Å²) in [6.07, 6.45) is 1.48. The molecule has 140 valence electrons. The van der Waals surface area contributed by atoms with E-state index in [4.69, 9.17) is 0 Å². The third-order valence-corrected chi connectivity index (χ3v) is 7.26. The number of benzene rings is 1. The first-order valence-electron chi connectivity index (χ1n) is 8.20. The lowest BCUT2D eigenvalue weighted by molar-refractivity contribution is -0.116. The van der Waals surface area contributed by atoms with E-state index in [9.17, 15) is 21.6 Å². The molecule has 2 N–H and O–H groups in total. The van der Waals surface area contributed by atoms with Crippen LogP contribution < -0.4 is 10.0 Å². The van der Waals surface area contributed by atoms with Crippen LogP contribution in [-0.4, -0.2) is 40.3 Å². The molecule has 1 aliphatic rings. The summed E-state index contributed by atoms with van der Waals surface area (Å²) in [4.78, 5) is 11.8. The van der Waals surface area contributed by atoms with Gasteiger partial charge in [-0.1, -0.05) is 13.8 Å². The van der Waals surface area contributed by atoms with Crippen molar-refractivity contribution >= 4 is 31.5 Å². The van der Waals surface area contributed by atoms with Gasteiger partial charge < -0.3 is 5.32 Å². The summed E-state index contributed by atoms with van der Waals surface area (Å²) in [5.41, 5.74) is 0.524. The Kier molecular flexibility index (Phi) is 6.23. The zero-order chi connectivity index (χ0) is 18.7. The van der Waals surface area contributed by atoms with Crippen molar-refractivity contribution in [2.45, 2.75) is 44.0 Å². The van der Waals surface area contributed by atoms with Gasteiger partial charge in [0, 0.05) is 18.2 Å². The van der Waals surface area contributed by atoms with Gasteiger partial charge in [-0.15, -0.1) is 0 Å². The fraction of sp³-hybridized carbons (Fsp3) is 0.562. The SMILES string of the molecule is CC(C)CCC(=O)Nc1ccc(S(=O)(=O)N[C@@H]2CCS(=O)(=O)C2)cc1. The van der Waals surface area contributed by atoms with Gasteiger partial charge in [0.05, 0.1) is 16.4 Å². The summed E-state index contributed by atoms with van der Waals surface area (Å²) in [6, 6.07) is 5.24. The van der Waals surface area contributed by atoms with Gasteiger partial charge in [-0.25, -0.2) is 21.6 Å². The standard InChI is InChI=1S/C16H24N2O5S2/c1-12(2)3-8-16(19)17-13-4-6-15(7-5-13)25(22,23)18-14-9-10-24(20,21)11-14/h4-7,12,14,18H,3,8-11H2,1-2H3,(H,17,19)/t14-/m1/s1. The summed E-state index contributed by atoms with van der Waals surface area (Å²) in [5, 5.41) is 2.73. The summed E-state index contributed by atoms with van der Waals surface area (Å²) in [7, 11) is -6.94. The van der Waals surface area contributed by atoms with Crippen LogP contribution in [0, 0.1) is 5.92 Å². The van der Waals surface area contributed by atoms with E-state index in [1.807, 2.05) is 13.8 Å². The van der Waals surface area contributed by atoms with Gasteiger partial charge in [0.25, 0.3) is 0 Å². The largest absolute Gasteiger partial charge is 0.326 e. The highest BCUT2D eigenvalue weighted by atomic mass is 32.2. The molecule has 1 heterocycles. The molecule has 1 aromatic carbocycles. The van der Waals surface area contributed by atoms with Crippen LogP contribution in [-0.2, 0) is 24.7 Å². The minimum absolute atomic E-state index is 0.00152. The molecule has 0 spiro atoms. The zero-order valence-electron chi connectivity index (χ0n) is 14.4. The van der Waals surface area contributed by atoms with E-state index in [2.05, 4.69) is 10.0 Å². The molecule has 1 amide bonds. The predicted molar refractivity (Wildman–Crippen MR) is 96.5 cm³/mol. The lowest BCUT2D eigenvalue weighted by Gasteiger charge is -2.12. The van der Waals surface area contributed by atoms with E-state index in [1.54, 1.807) is 0 Å². The maximum absolute atomic E-state index is 12.3. The number of carbonyl (C=O) groups is 1. The molecule has 0 unspecified atom stereocenters. The molecule has 25 heavy (non-hydrogen) atoms. The van der Waals surface area contributed by atoms with Crippen molar-refractivity contribution < 1.29 is 21.6 Å². The number of hydrogen-bond donors (Lipinski definition) is 2. The van der Waals surface area contributed by atoms with Crippen molar-refractivity contribution in [1.29, 1.82) is 0 Å². The number of nitrogens with one attached hydrogen (secondary N) is 2. The van der Waals surface area contributed by atoms with Crippen LogP contribution in [0.4, 0.5) is 5.69 Å². The third kappa shape index (κ3) is 6.09. The van der Waals surface area contributed by atoms with Crippen LogP contribution >= 0.6 is 0 Å². The molecule has 1 aromatic rings. The minimum atomic E-state index is -3.79. The first kappa shape index (κ1) is 19.9. The molecular weight excluding hydrogens is 364 g/mol. The Labute approximate surface area is 149 Å². The monoisotopic (exact) mass is 388 g/mol. The number of anilines is 1. The van der Waals surface area contributed by atoms with Crippen LogP contribution in [0.25, 0.3) is 0 Å². The fourth-order valence-electron chi connectivity index (χ4n) is 2.54. The fourth-order valence-corrected chi connectivity index (χ4v) is 5.59. The van der Waals surface area contributed by atoms with Gasteiger partial charge in [-0.3, -0.25) is 4.79 Å². The second-order valence-electron chi connectivity index (χ2n) is 6.73. The zero-order valence-corrected chi connectivity index (χ0v) is 16.0. The molecule has 2 rings (SSSR count). The van der Waals surface area contributed by atoms with Gasteiger partial charge in [-0.2, -0.15) is 0 Å². The molecular formula is C16H24N2O5S2. The van der Waals surface area contributed by atoms with Gasteiger partial charge in [0.15, 0.2) is 9.84 Å². The number of carbonyl (C=O) groups excluding carboxylic acids is 1. The van der Waals surface area contributed by atoms with Crippen LogP contribution in [0.2, 0.25) is 0 Å². The maximum Gasteiger partial charge on any atom is 0.240 e. The van der Waals surface area contributed by atoms with Crippen molar-refractivity contribution in [2.75, 3.05) is 16.8 Å². The van der Waals surface area contributed by atoms with Crippen molar-refractivity contribution in [3.8, 4) is 0 Å². The average Bonchev–Trinajstić information content (AvgIpc) is 2.84. The smallest absolute Gasteiger partial charge is 0.240 e. The summed E-state index contributed by atoms with van der Waals surface area (Å²) >= 11 is 0. The van der Waals surface area contributed by atoms with Crippen molar-refractivity contribution in [1.82, 2.24) is 4.72 Å². The summed E-state index contributed by atoms with van der Waals surface area (Å²) in [6.45, 7) is 4.07. The highest BCUT2D eigenvalue weighted by molar-refractivity contribution is 7.92. The van der Waals surface area contributed by atoms with Gasteiger partial charge in [-0.05, 0) is 43.0 Å². The molecule has 0 aliphatic carbocycles. The predicted octanol–water partition coefficient (Wildman–Crippen LogP) is 1.53. The quantitative estimate of drug-likeness (QED) is 0.736. The second kappa shape index (κ2) is 7.84. The first-order chi connectivity index (χ1) is 11.6. The number of hydrogen-bond acceptors (Lipinski definition) is 5. The average molecular weight is 389 g/mol. The highest BCUT2D eigenvalue weighted by Gasteiger charge is 2.31. The molecule has 7 nitrogen and oxygen atoms in total. The number of amides is 1. The highest BCUT2D eigenvalue weighted by Crippen LogP contribution is 2.18. The normalized spacial score (nSPS) is 19.9. The molecule has 0 radical (unpaired) electrons. The lowest BCUT2D eigenvalue weighted by atomic mass is 10.1. The molecule has 0 aromatic heterocycles. The second-order valence-corrected chi connectivity index (χ2v) is 10.7. The topological polar surface area (TPSA) is 109 Å². The van der Waals surface area contributed by atoms with Crippen LogP contribution in [0.3, 0.4) is 0 Å². The van der Waals surface area contributed by atoms with Crippen molar-refractivity contribution in [3.05, 3.63) is 24.3 Å². The molecule has 1 saturated heterocycles. The van der Waals surface area contributed by atoms with Crippen molar-refractivity contribution in [3.63, 3.8) is 0 Å².